The maximum atomic E-state index is 12.9. The SMILES string of the molecule is C[C@@H]1CN(c2ncccc2Cl)CCN1C(=O)Nc1ccc(C(C#N)c2ccccc2)cc1. The molecule has 4 rings (SSSR count). The van der Waals surface area contributed by atoms with Crippen molar-refractivity contribution in [3.8, 4) is 6.07 Å². The normalized spacial score (nSPS) is 16.8. The van der Waals surface area contributed by atoms with Gasteiger partial charge in [0, 0.05) is 37.6 Å². The number of pyridine rings is 1. The van der Waals surface area contributed by atoms with Gasteiger partial charge in [-0.2, -0.15) is 5.26 Å². The van der Waals surface area contributed by atoms with E-state index in [1.807, 2.05) is 78.6 Å². The minimum absolute atomic E-state index is 0.00199. The van der Waals surface area contributed by atoms with Crippen LogP contribution in [0.5, 0.6) is 0 Å². The van der Waals surface area contributed by atoms with Crippen LogP contribution in [-0.4, -0.2) is 41.6 Å². The predicted molar refractivity (Wildman–Crippen MR) is 127 cm³/mol. The molecule has 6 nitrogen and oxygen atoms in total. The van der Waals surface area contributed by atoms with Gasteiger partial charge in [0.05, 0.1) is 17.0 Å². The lowest BCUT2D eigenvalue weighted by Gasteiger charge is -2.40. The minimum Gasteiger partial charge on any atom is -0.352 e. The summed E-state index contributed by atoms with van der Waals surface area (Å²) in [5.74, 6) is 0.412. The first-order chi connectivity index (χ1) is 15.6. The Morgan fingerprint density at radius 3 is 2.47 bits per heavy atom. The molecule has 1 aliphatic heterocycles. The summed E-state index contributed by atoms with van der Waals surface area (Å²) in [5.41, 5.74) is 2.54. The van der Waals surface area contributed by atoms with Gasteiger partial charge in [-0.3, -0.25) is 0 Å². The molecule has 1 aromatic heterocycles. The minimum atomic E-state index is -0.340. The van der Waals surface area contributed by atoms with Crippen molar-refractivity contribution in [2.45, 2.75) is 18.9 Å². The molecule has 0 spiro atoms. The Kier molecular flexibility index (Phi) is 6.58. The lowest BCUT2D eigenvalue weighted by molar-refractivity contribution is 0.184. The van der Waals surface area contributed by atoms with Crippen LogP contribution >= 0.6 is 11.6 Å². The van der Waals surface area contributed by atoms with E-state index in [4.69, 9.17) is 11.6 Å². The number of piperazine rings is 1. The topological polar surface area (TPSA) is 72.3 Å². The Balaban J connectivity index is 1.39. The number of halogens is 1. The van der Waals surface area contributed by atoms with E-state index in [0.717, 1.165) is 16.9 Å². The van der Waals surface area contributed by atoms with Gasteiger partial charge in [0.25, 0.3) is 0 Å². The van der Waals surface area contributed by atoms with Crippen LogP contribution in [-0.2, 0) is 0 Å². The number of carbonyl (C=O) groups is 1. The Hall–Kier alpha value is -3.56. The maximum Gasteiger partial charge on any atom is 0.322 e. The van der Waals surface area contributed by atoms with E-state index in [0.29, 0.717) is 30.3 Å². The molecule has 0 bridgehead atoms. The van der Waals surface area contributed by atoms with Crippen LogP contribution in [0.1, 0.15) is 24.0 Å². The van der Waals surface area contributed by atoms with Crippen LogP contribution < -0.4 is 10.2 Å². The van der Waals surface area contributed by atoms with Crippen LogP contribution in [0.15, 0.2) is 72.9 Å². The van der Waals surface area contributed by atoms with Crippen molar-refractivity contribution in [1.82, 2.24) is 9.88 Å². The quantitative estimate of drug-likeness (QED) is 0.604. The number of urea groups is 1. The third kappa shape index (κ3) is 4.68. The molecule has 0 radical (unpaired) electrons. The molecule has 0 aliphatic carbocycles. The predicted octanol–water partition coefficient (Wildman–Crippen LogP) is 5.13. The van der Waals surface area contributed by atoms with E-state index >= 15 is 0 Å². The number of aromatic nitrogens is 1. The Morgan fingerprint density at radius 1 is 1.09 bits per heavy atom. The molecule has 2 amide bonds. The number of carbonyl (C=O) groups excluding carboxylic acids is 1. The van der Waals surface area contributed by atoms with Crippen molar-refractivity contribution in [1.29, 1.82) is 5.26 Å². The summed E-state index contributed by atoms with van der Waals surface area (Å²) in [5, 5.41) is 13.2. The van der Waals surface area contributed by atoms with Crippen LogP contribution in [0.4, 0.5) is 16.3 Å². The Morgan fingerprint density at radius 2 is 1.81 bits per heavy atom. The molecule has 1 aliphatic rings. The zero-order valence-electron chi connectivity index (χ0n) is 17.8. The van der Waals surface area contributed by atoms with Crippen LogP contribution in [0.2, 0.25) is 5.02 Å². The summed E-state index contributed by atoms with van der Waals surface area (Å²) in [6.07, 6.45) is 1.73. The molecule has 0 saturated carbocycles. The molecule has 1 saturated heterocycles. The molecular formula is C25H24ClN5O. The summed E-state index contributed by atoms with van der Waals surface area (Å²) >= 11 is 6.28. The van der Waals surface area contributed by atoms with Crippen LogP contribution in [0.25, 0.3) is 0 Å². The molecule has 1 unspecified atom stereocenters. The summed E-state index contributed by atoms with van der Waals surface area (Å²) in [4.78, 5) is 21.2. The summed E-state index contributed by atoms with van der Waals surface area (Å²) < 4.78 is 0. The standard InChI is InChI=1S/C25H24ClN5O/c1-18-17-30(24-23(26)8-5-13-28-24)14-15-31(18)25(32)29-21-11-9-20(10-12-21)22(16-27)19-6-3-2-4-7-19/h2-13,18,22H,14-15,17H2,1H3,(H,29,32)/t18-,22?/m1/s1. The fourth-order valence-corrected chi connectivity index (χ4v) is 4.24. The van der Waals surface area contributed by atoms with Gasteiger partial charge >= 0.3 is 6.03 Å². The van der Waals surface area contributed by atoms with Gasteiger partial charge in [0.15, 0.2) is 0 Å². The number of nitrogens with one attached hydrogen (secondary N) is 1. The molecule has 32 heavy (non-hydrogen) atoms. The van der Waals surface area contributed by atoms with Crippen molar-refractivity contribution in [3.05, 3.63) is 89.1 Å². The third-order valence-corrected chi connectivity index (χ3v) is 5.98. The average molecular weight is 446 g/mol. The number of benzene rings is 2. The molecule has 2 atom stereocenters. The number of hydrogen-bond acceptors (Lipinski definition) is 4. The number of nitriles is 1. The largest absolute Gasteiger partial charge is 0.352 e. The first-order valence-electron chi connectivity index (χ1n) is 10.5. The fourth-order valence-electron chi connectivity index (χ4n) is 4.00. The number of hydrogen-bond donors (Lipinski definition) is 1. The average Bonchev–Trinajstić information content (AvgIpc) is 2.81. The second-order valence-electron chi connectivity index (χ2n) is 7.82. The van der Waals surface area contributed by atoms with E-state index in [9.17, 15) is 10.1 Å². The molecule has 1 fully saturated rings. The first kappa shape index (κ1) is 21.7. The molecule has 2 heterocycles. The highest BCUT2D eigenvalue weighted by Gasteiger charge is 2.29. The highest BCUT2D eigenvalue weighted by Crippen LogP contribution is 2.27. The number of anilines is 2. The maximum absolute atomic E-state index is 12.9. The molecule has 1 N–H and O–H groups in total. The van der Waals surface area contributed by atoms with Crippen molar-refractivity contribution in [2.24, 2.45) is 0 Å². The summed E-state index contributed by atoms with van der Waals surface area (Å²) in [7, 11) is 0. The Bertz CT molecular complexity index is 1110. The van der Waals surface area contributed by atoms with Crippen molar-refractivity contribution in [2.75, 3.05) is 29.9 Å². The van der Waals surface area contributed by atoms with Gasteiger partial charge in [-0.05, 0) is 42.3 Å². The monoisotopic (exact) mass is 445 g/mol. The number of amides is 2. The highest BCUT2D eigenvalue weighted by atomic mass is 35.5. The van der Waals surface area contributed by atoms with E-state index < -0.39 is 0 Å². The summed E-state index contributed by atoms with van der Waals surface area (Å²) in [6.45, 7) is 3.91. The van der Waals surface area contributed by atoms with E-state index in [1.165, 1.54) is 0 Å². The van der Waals surface area contributed by atoms with Gasteiger partial charge < -0.3 is 15.1 Å². The van der Waals surface area contributed by atoms with Crippen LogP contribution in [0.3, 0.4) is 0 Å². The van der Waals surface area contributed by atoms with Gasteiger partial charge in [-0.1, -0.05) is 54.1 Å². The third-order valence-electron chi connectivity index (χ3n) is 5.68. The van der Waals surface area contributed by atoms with E-state index in [1.54, 1.807) is 6.20 Å². The molecule has 2 aromatic carbocycles. The second kappa shape index (κ2) is 9.71. The van der Waals surface area contributed by atoms with Crippen LogP contribution in [0, 0.1) is 11.3 Å². The number of rotatable bonds is 4. The zero-order valence-corrected chi connectivity index (χ0v) is 18.5. The van der Waals surface area contributed by atoms with Gasteiger partial charge in [-0.15, -0.1) is 0 Å². The van der Waals surface area contributed by atoms with Gasteiger partial charge in [0.2, 0.25) is 0 Å². The summed E-state index contributed by atoms with van der Waals surface area (Å²) in [6, 6.07) is 23.0. The zero-order chi connectivity index (χ0) is 22.5. The van der Waals surface area contributed by atoms with Gasteiger partial charge in [-0.25, -0.2) is 9.78 Å². The molecule has 7 heteroatoms. The van der Waals surface area contributed by atoms with Crippen molar-refractivity contribution >= 4 is 29.1 Å². The second-order valence-corrected chi connectivity index (χ2v) is 8.23. The fraction of sp³-hybridized carbons (Fsp3) is 0.240. The lowest BCUT2D eigenvalue weighted by atomic mass is 9.92. The highest BCUT2D eigenvalue weighted by molar-refractivity contribution is 6.32. The van der Waals surface area contributed by atoms with E-state index in [-0.39, 0.29) is 18.0 Å². The molecule has 3 aromatic rings. The smallest absolute Gasteiger partial charge is 0.322 e. The van der Waals surface area contributed by atoms with Crippen molar-refractivity contribution < 1.29 is 4.79 Å². The molecular weight excluding hydrogens is 422 g/mol. The first-order valence-corrected chi connectivity index (χ1v) is 10.9. The van der Waals surface area contributed by atoms with Crippen molar-refractivity contribution in [3.63, 3.8) is 0 Å². The van der Waals surface area contributed by atoms with Gasteiger partial charge in [0.1, 0.15) is 5.82 Å². The Labute approximate surface area is 193 Å². The van der Waals surface area contributed by atoms with E-state index in [2.05, 4.69) is 21.3 Å². The molecule has 162 valence electrons. The lowest BCUT2D eigenvalue weighted by Crippen LogP contribution is -2.55. The number of nitrogens with zero attached hydrogens (tertiary/aromatic N) is 4.